The van der Waals surface area contributed by atoms with E-state index in [0.29, 0.717) is 15.4 Å². The van der Waals surface area contributed by atoms with Crippen LogP contribution in [-0.4, -0.2) is 5.91 Å². The molecule has 6 heteroatoms. The Labute approximate surface area is 125 Å². The number of halogens is 3. The monoisotopic (exact) mass is 425 g/mol. The second-order valence-corrected chi connectivity index (χ2v) is 5.56. The highest BCUT2D eigenvalue weighted by atomic mass is 127. The van der Waals surface area contributed by atoms with E-state index in [1.807, 2.05) is 0 Å². The van der Waals surface area contributed by atoms with Crippen molar-refractivity contribution in [1.29, 1.82) is 0 Å². The first-order chi connectivity index (χ1) is 8.06. The standard InChI is InChI=1S/C11H6BrClINO2/c12-10-4-3-9(17-10)11(16)15-8-2-1-6(13)5-7(8)14/h1-5H,(H,15,16). The van der Waals surface area contributed by atoms with Crippen molar-refractivity contribution in [2.45, 2.75) is 0 Å². The van der Waals surface area contributed by atoms with Crippen molar-refractivity contribution in [3.05, 3.63) is 49.4 Å². The summed E-state index contributed by atoms with van der Waals surface area (Å²) in [6, 6.07) is 8.51. The molecular formula is C11H6BrClINO2. The summed E-state index contributed by atoms with van der Waals surface area (Å²) in [7, 11) is 0. The topological polar surface area (TPSA) is 42.2 Å². The van der Waals surface area contributed by atoms with Crippen LogP contribution in [0.25, 0.3) is 0 Å². The molecule has 3 nitrogen and oxygen atoms in total. The van der Waals surface area contributed by atoms with Crippen molar-refractivity contribution in [3.63, 3.8) is 0 Å². The molecule has 0 radical (unpaired) electrons. The Balaban J connectivity index is 2.18. The van der Waals surface area contributed by atoms with Crippen LogP contribution in [0.2, 0.25) is 5.02 Å². The number of hydrogen-bond donors (Lipinski definition) is 1. The SMILES string of the molecule is O=C(Nc1ccc(Cl)cc1I)c1ccc(Br)o1. The summed E-state index contributed by atoms with van der Waals surface area (Å²) in [5.74, 6) is -0.0430. The molecule has 0 atom stereocenters. The number of nitrogens with one attached hydrogen (secondary N) is 1. The molecular weight excluding hydrogens is 420 g/mol. The van der Waals surface area contributed by atoms with E-state index in [1.165, 1.54) is 0 Å². The van der Waals surface area contributed by atoms with E-state index in [9.17, 15) is 4.79 Å². The molecule has 0 aliphatic carbocycles. The second-order valence-electron chi connectivity index (χ2n) is 3.18. The number of carbonyl (C=O) groups is 1. The zero-order valence-corrected chi connectivity index (χ0v) is 12.8. The van der Waals surface area contributed by atoms with Crippen LogP contribution in [0, 0.1) is 3.57 Å². The molecule has 0 bridgehead atoms. The predicted molar refractivity (Wildman–Crippen MR) is 78.5 cm³/mol. The maximum Gasteiger partial charge on any atom is 0.291 e. The maximum absolute atomic E-state index is 11.8. The van der Waals surface area contributed by atoms with E-state index in [1.54, 1.807) is 30.3 Å². The fraction of sp³-hybridized carbons (Fsp3) is 0. The van der Waals surface area contributed by atoms with Gasteiger partial charge in [-0.1, -0.05) is 11.6 Å². The first kappa shape index (κ1) is 12.9. The molecule has 1 N–H and O–H groups in total. The van der Waals surface area contributed by atoms with Gasteiger partial charge in [0.15, 0.2) is 10.4 Å². The molecule has 2 aromatic rings. The van der Waals surface area contributed by atoms with Crippen molar-refractivity contribution in [1.82, 2.24) is 0 Å². The van der Waals surface area contributed by atoms with Crippen LogP contribution in [0.5, 0.6) is 0 Å². The van der Waals surface area contributed by atoms with Crippen molar-refractivity contribution in [3.8, 4) is 0 Å². The third-order valence-electron chi connectivity index (χ3n) is 1.98. The largest absolute Gasteiger partial charge is 0.444 e. The quantitative estimate of drug-likeness (QED) is 0.716. The minimum Gasteiger partial charge on any atom is -0.444 e. The minimum atomic E-state index is -0.295. The van der Waals surface area contributed by atoms with Gasteiger partial charge in [-0.2, -0.15) is 0 Å². The molecule has 1 aromatic carbocycles. The van der Waals surface area contributed by atoms with Gasteiger partial charge in [-0.3, -0.25) is 4.79 Å². The Kier molecular flexibility index (Phi) is 4.11. The molecule has 0 aliphatic rings. The van der Waals surface area contributed by atoms with Crippen molar-refractivity contribution >= 4 is 61.7 Å². The number of carbonyl (C=O) groups excluding carboxylic acids is 1. The van der Waals surface area contributed by atoms with Crippen molar-refractivity contribution < 1.29 is 9.21 Å². The summed E-state index contributed by atoms with van der Waals surface area (Å²) >= 11 is 11.1. The normalized spacial score (nSPS) is 10.3. The smallest absolute Gasteiger partial charge is 0.291 e. The minimum absolute atomic E-state index is 0.252. The summed E-state index contributed by atoms with van der Waals surface area (Å²) in [5.41, 5.74) is 0.701. The lowest BCUT2D eigenvalue weighted by molar-refractivity contribution is 0.0995. The molecule has 0 saturated carbocycles. The van der Waals surface area contributed by atoms with Gasteiger partial charge in [-0.15, -0.1) is 0 Å². The van der Waals surface area contributed by atoms with E-state index in [0.717, 1.165) is 3.57 Å². The van der Waals surface area contributed by atoms with Crippen LogP contribution in [0.15, 0.2) is 39.4 Å². The third kappa shape index (κ3) is 3.23. The van der Waals surface area contributed by atoms with Gasteiger partial charge in [0.2, 0.25) is 0 Å². The first-order valence-electron chi connectivity index (χ1n) is 4.58. The van der Waals surface area contributed by atoms with Crippen LogP contribution in [0.3, 0.4) is 0 Å². The molecule has 2 rings (SSSR count). The van der Waals surface area contributed by atoms with Gasteiger partial charge in [0.1, 0.15) is 0 Å². The fourth-order valence-electron chi connectivity index (χ4n) is 1.21. The van der Waals surface area contributed by atoms with Crippen LogP contribution in [0.1, 0.15) is 10.6 Å². The summed E-state index contributed by atoms with van der Waals surface area (Å²) in [6.45, 7) is 0. The van der Waals surface area contributed by atoms with Gasteiger partial charge in [0, 0.05) is 8.59 Å². The predicted octanol–water partition coefficient (Wildman–Crippen LogP) is 4.55. The van der Waals surface area contributed by atoms with Gasteiger partial charge in [0.25, 0.3) is 5.91 Å². The lowest BCUT2D eigenvalue weighted by Crippen LogP contribution is -2.11. The second kappa shape index (κ2) is 5.41. The highest BCUT2D eigenvalue weighted by molar-refractivity contribution is 14.1. The van der Waals surface area contributed by atoms with E-state index in [4.69, 9.17) is 16.0 Å². The molecule has 0 aliphatic heterocycles. The molecule has 0 saturated heterocycles. The molecule has 0 unspecified atom stereocenters. The average molecular weight is 426 g/mol. The molecule has 17 heavy (non-hydrogen) atoms. The van der Waals surface area contributed by atoms with Crippen LogP contribution < -0.4 is 5.32 Å². The summed E-state index contributed by atoms with van der Waals surface area (Å²) < 4.78 is 6.55. The van der Waals surface area contributed by atoms with Crippen LogP contribution in [0.4, 0.5) is 5.69 Å². The Hall–Kier alpha value is -0.530. The molecule has 1 amide bonds. The maximum atomic E-state index is 11.8. The number of hydrogen-bond acceptors (Lipinski definition) is 2. The summed E-state index contributed by atoms with van der Waals surface area (Å²) in [6.07, 6.45) is 0. The number of furan rings is 1. The van der Waals surface area contributed by atoms with E-state index >= 15 is 0 Å². The van der Waals surface area contributed by atoms with Gasteiger partial charge in [-0.25, -0.2) is 0 Å². The Morgan fingerprint density at radius 1 is 1.35 bits per heavy atom. The number of rotatable bonds is 2. The van der Waals surface area contributed by atoms with Gasteiger partial charge in [0.05, 0.1) is 5.69 Å². The third-order valence-corrected chi connectivity index (χ3v) is 3.53. The van der Waals surface area contributed by atoms with Crippen molar-refractivity contribution in [2.75, 3.05) is 5.32 Å². The highest BCUT2D eigenvalue weighted by Gasteiger charge is 2.12. The molecule has 88 valence electrons. The van der Waals surface area contributed by atoms with Gasteiger partial charge < -0.3 is 9.73 Å². The van der Waals surface area contributed by atoms with Gasteiger partial charge in [-0.05, 0) is 68.9 Å². The number of anilines is 1. The Morgan fingerprint density at radius 2 is 2.12 bits per heavy atom. The Bertz CT molecular complexity index is 570. The first-order valence-corrected chi connectivity index (χ1v) is 6.83. The average Bonchev–Trinajstić information content (AvgIpc) is 2.69. The molecule has 0 spiro atoms. The fourth-order valence-corrected chi connectivity index (χ4v) is 2.52. The number of benzene rings is 1. The van der Waals surface area contributed by atoms with Crippen molar-refractivity contribution in [2.24, 2.45) is 0 Å². The molecule has 0 fully saturated rings. The summed E-state index contributed by atoms with van der Waals surface area (Å²) in [4.78, 5) is 11.8. The lowest BCUT2D eigenvalue weighted by Gasteiger charge is -2.05. The summed E-state index contributed by atoms with van der Waals surface area (Å²) in [5, 5.41) is 3.38. The molecule has 1 heterocycles. The van der Waals surface area contributed by atoms with E-state index in [-0.39, 0.29) is 11.7 Å². The zero-order chi connectivity index (χ0) is 12.4. The number of amides is 1. The lowest BCUT2D eigenvalue weighted by atomic mass is 10.3. The highest BCUT2D eigenvalue weighted by Crippen LogP contribution is 2.23. The zero-order valence-electron chi connectivity index (χ0n) is 8.34. The molecule has 1 aromatic heterocycles. The Morgan fingerprint density at radius 3 is 2.71 bits per heavy atom. The van der Waals surface area contributed by atoms with Crippen LogP contribution in [-0.2, 0) is 0 Å². The van der Waals surface area contributed by atoms with Crippen LogP contribution >= 0.6 is 50.1 Å². The van der Waals surface area contributed by atoms with Gasteiger partial charge >= 0.3 is 0 Å². The van der Waals surface area contributed by atoms with E-state index in [2.05, 4.69) is 43.8 Å². The van der Waals surface area contributed by atoms with E-state index < -0.39 is 0 Å².